The second kappa shape index (κ2) is 5.75. The van der Waals surface area contributed by atoms with E-state index in [2.05, 4.69) is 21.2 Å². The number of amides is 1. The first kappa shape index (κ1) is 14.1. The van der Waals surface area contributed by atoms with E-state index < -0.39 is 11.7 Å². The highest BCUT2D eigenvalue weighted by molar-refractivity contribution is 9.10. The molecule has 2 aromatic carbocycles. The molecular weight excluding hydrogens is 326 g/mol. The van der Waals surface area contributed by atoms with Crippen LogP contribution in [-0.2, 0) is 0 Å². The van der Waals surface area contributed by atoms with Gasteiger partial charge >= 0.3 is 5.97 Å². The third-order valence-corrected chi connectivity index (χ3v) is 3.30. The lowest BCUT2D eigenvalue weighted by atomic mass is 10.1. The Hall–Kier alpha value is -2.34. The first-order valence-electron chi connectivity index (χ1n) is 5.61. The number of halogens is 1. The van der Waals surface area contributed by atoms with Crippen LogP contribution in [-0.4, -0.2) is 22.1 Å². The van der Waals surface area contributed by atoms with Crippen molar-refractivity contribution in [3.63, 3.8) is 0 Å². The van der Waals surface area contributed by atoms with Crippen molar-refractivity contribution in [2.45, 2.75) is 0 Å². The number of carbonyl (C=O) groups excluding carboxylic acids is 1. The lowest BCUT2D eigenvalue weighted by Crippen LogP contribution is -2.12. The lowest BCUT2D eigenvalue weighted by molar-refractivity contribution is 0.0693. The molecule has 5 nitrogen and oxygen atoms in total. The predicted molar refractivity (Wildman–Crippen MR) is 77.2 cm³/mol. The van der Waals surface area contributed by atoms with Crippen molar-refractivity contribution in [2.75, 3.05) is 5.32 Å². The van der Waals surface area contributed by atoms with Gasteiger partial charge < -0.3 is 15.5 Å². The first-order chi connectivity index (χ1) is 9.49. The van der Waals surface area contributed by atoms with Crippen LogP contribution in [0.1, 0.15) is 20.7 Å². The minimum atomic E-state index is -1.23. The standard InChI is InChI=1S/C14H10BrNO4/c15-11-4-2-1-3-9(11)13(18)16-8-5-6-10(14(19)20)12(17)7-8/h1-7,17H,(H,16,18)(H,19,20). The van der Waals surface area contributed by atoms with Crippen molar-refractivity contribution in [1.82, 2.24) is 0 Å². The quantitative estimate of drug-likeness (QED) is 0.804. The number of benzene rings is 2. The van der Waals surface area contributed by atoms with Gasteiger partial charge in [0.15, 0.2) is 0 Å². The predicted octanol–water partition coefficient (Wildman–Crippen LogP) is 3.11. The summed E-state index contributed by atoms with van der Waals surface area (Å²) in [5.74, 6) is -1.99. The van der Waals surface area contributed by atoms with Gasteiger partial charge in [0.1, 0.15) is 11.3 Å². The van der Waals surface area contributed by atoms with Gasteiger partial charge in [-0.15, -0.1) is 0 Å². The highest BCUT2D eigenvalue weighted by Gasteiger charge is 2.13. The minimum Gasteiger partial charge on any atom is -0.507 e. The molecule has 3 N–H and O–H groups in total. The molecule has 2 rings (SSSR count). The summed E-state index contributed by atoms with van der Waals surface area (Å²) in [6.07, 6.45) is 0. The largest absolute Gasteiger partial charge is 0.507 e. The van der Waals surface area contributed by atoms with Crippen LogP contribution in [0.25, 0.3) is 0 Å². The molecule has 0 aromatic heterocycles. The normalized spacial score (nSPS) is 10.1. The summed E-state index contributed by atoms with van der Waals surface area (Å²) in [4.78, 5) is 22.8. The van der Waals surface area contributed by atoms with Gasteiger partial charge in [-0.25, -0.2) is 4.79 Å². The van der Waals surface area contributed by atoms with Gasteiger partial charge in [0, 0.05) is 16.2 Å². The van der Waals surface area contributed by atoms with Gasteiger partial charge in [-0.2, -0.15) is 0 Å². The van der Waals surface area contributed by atoms with Crippen LogP contribution < -0.4 is 5.32 Å². The van der Waals surface area contributed by atoms with Gasteiger partial charge in [-0.1, -0.05) is 12.1 Å². The molecule has 0 aliphatic carbocycles. The van der Waals surface area contributed by atoms with Crippen LogP contribution in [0.4, 0.5) is 5.69 Å². The van der Waals surface area contributed by atoms with Crippen LogP contribution >= 0.6 is 15.9 Å². The third kappa shape index (κ3) is 2.97. The number of carboxylic acid groups (broad SMARTS) is 1. The molecule has 0 radical (unpaired) electrons. The summed E-state index contributed by atoms with van der Waals surface area (Å²) in [7, 11) is 0. The number of anilines is 1. The van der Waals surface area contributed by atoms with Gasteiger partial charge in [0.05, 0.1) is 5.56 Å². The Labute approximate surface area is 123 Å². The summed E-state index contributed by atoms with van der Waals surface area (Å²) in [5, 5.41) is 20.9. The molecule has 0 heterocycles. The summed E-state index contributed by atoms with van der Waals surface area (Å²) < 4.78 is 0.642. The fourth-order valence-corrected chi connectivity index (χ4v) is 2.10. The zero-order chi connectivity index (χ0) is 14.7. The zero-order valence-corrected chi connectivity index (χ0v) is 11.7. The maximum Gasteiger partial charge on any atom is 0.339 e. The number of phenols is 1. The molecule has 102 valence electrons. The van der Waals surface area contributed by atoms with E-state index in [1.807, 2.05) is 0 Å². The number of aromatic hydroxyl groups is 1. The highest BCUT2D eigenvalue weighted by atomic mass is 79.9. The van der Waals surface area contributed by atoms with Crippen molar-refractivity contribution in [3.05, 3.63) is 58.1 Å². The molecule has 0 spiro atoms. The van der Waals surface area contributed by atoms with Crippen molar-refractivity contribution >= 4 is 33.5 Å². The Kier molecular flexibility index (Phi) is 4.05. The van der Waals surface area contributed by atoms with E-state index in [9.17, 15) is 14.7 Å². The molecule has 0 saturated heterocycles. The zero-order valence-electron chi connectivity index (χ0n) is 10.1. The molecular formula is C14H10BrNO4. The topological polar surface area (TPSA) is 86.6 Å². The number of hydrogen-bond acceptors (Lipinski definition) is 3. The Bertz CT molecular complexity index is 685. The number of nitrogens with one attached hydrogen (secondary N) is 1. The van der Waals surface area contributed by atoms with Crippen LogP contribution in [0.5, 0.6) is 5.75 Å². The smallest absolute Gasteiger partial charge is 0.339 e. The van der Waals surface area contributed by atoms with Crippen LogP contribution in [0.15, 0.2) is 46.9 Å². The molecule has 0 fully saturated rings. The molecule has 0 bridgehead atoms. The monoisotopic (exact) mass is 335 g/mol. The first-order valence-corrected chi connectivity index (χ1v) is 6.40. The number of hydrogen-bond donors (Lipinski definition) is 3. The van der Waals surface area contributed by atoms with E-state index in [4.69, 9.17) is 5.11 Å². The van der Waals surface area contributed by atoms with Crippen LogP contribution in [0.3, 0.4) is 0 Å². The third-order valence-electron chi connectivity index (χ3n) is 2.60. The van der Waals surface area contributed by atoms with Gasteiger partial charge in [-0.3, -0.25) is 4.79 Å². The Morgan fingerprint density at radius 1 is 1.05 bits per heavy atom. The summed E-state index contributed by atoms with van der Waals surface area (Å²) >= 11 is 3.27. The van der Waals surface area contributed by atoms with Crippen LogP contribution in [0, 0.1) is 0 Å². The maximum absolute atomic E-state index is 12.0. The van der Waals surface area contributed by atoms with Crippen molar-refractivity contribution in [1.29, 1.82) is 0 Å². The van der Waals surface area contributed by atoms with Gasteiger partial charge in [0.25, 0.3) is 5.91 Å². The maximum atomic E-state index is 12.0. The van der Waals surface area contributed by atoms with Crippen molar-refractivity contribution in [3.8, 4) is 5.75 Å². The molecule has 0 atom stereocenters. The molecule has 0 unspecified atom stereocenters. The Morgan fingerprint density at radius 3 is 2.35 bits per heavy atom. The van der Waals surface area contributed by atoms with Gasteiger partial charge in [0.2, 0.25) is 0 Å². The van der Waals surface area contributed by atoms with Crippen LogP contribution in [0.2, 0.25) is 0 Å². The Balaban J connectivity index is 2.23. The van der Waals surface area contributed by atoms with E-state index in [-0.39, 0.29) is 11.5 Å². The average molecular weight is 336 g/mol. The van der Waals surface area contributed by atoms with Gasteiger partial charge in [-0.05, 0) is 40.2 Å². The minimum absolute atomic E-state index is 0.219. The van der Waals surface area contributed by atoms with E-state index in [1.54, 1.807) is 24.3 Å². The summed E-state index contributed by atoms with van der Waals surface area (Å²) in [5.41, 5.74) is 0.534. The van der Waals surface area contributed by atoms with E-state index >= 15 is 0 Å². The second-order valence-electron chi connectivity index (χ2n) is 3.97. The Morgan fingerprint density at radius 2 is 1.75 bits per heavy atom. The van der Waals surface area contributed by atoms with Crippen molar-refractivity contribution in [2.24, 2.45) is 0 Å². The lowest BCUT2D eigenvalue weighted by Gasteiger charge is -2.08. The number of aromatic carboxylic acids is 1. The second-order valence-corrected chi connectivity index (χ2v) is 4.83. The molecule has 6 heteroatoms. The molecule has 0 aliphatic heterocycles. The SMILES string of the molecule is O=C(O)c1ccc(NC(=O)c2ccccc2Br)cc1O. The fourth-order valence-electron chi connectivity index (χ4n) is 1.63. The van der Waals surface area contributed by atoms with E-state index in [0.717, 1.165) is 0 Å². The fraction of sp³-hybridized carbons (Fsp3) is 0. The number of rotatable bonds is 3. The number of carboxylic acids is 1. The van der Waals surface area contributed by atoms with E-state index in [1.165, 1.54) is 18.2 Å². The number of carbonyl (C=O) groups is 2. The summed E-state index contributed by atoms with van der Waals surface area (Å²) in [6, 6.07) is 10.7. The molecule has 20 heavy (non-hydrogen) atoms. The average Bonchev–Trinajstić information content (AvgIpc) is 2.38. The molecule has 0 saturated carbocycles. The highest BCUT2D eigenvalue weighted by Crippen LogP contribution is 2.23. The summed E-state index contributed by atoms with van der Waals surface area (Å²) in [6.45, 7) is 0. The van der Waals surface area contributed by atoms with Crippen molar-refractivity contribution < 1.29 is 19.8 Å². The molecule has 0 aliphatic rings. The van der Waals surface area contributed by atoms with E-state index in [0.29, 0.717) is 15.7 Å². The molecule has 2 aromatic rings. The molecule has 1 amide bonds.